The minimum absolute atomic E-state index is 0.0724. The van der Waals surface area contributed by atoms with E-state index < -0.39 is 12.8 Å². The van der Waals surface area contributed by atoms with Crippen molar-refractivity contribution in [1.29, 1.82) is 0 Å². The van der Waals surface area contributed by atoms with E-state index in [1.807, 2.05) is 6.92 Å². The molecule has 2 rings (SSSR count). The van der Waals surface area contributed by atoms with Gasteiger partial charge < -0.3 is 14.6 Å². The average Bonchev–Trinajstić information content (AvgIpc) is 3.04. The molecule has 0 saturated heterocycles. The van der Waals surface area contributed by atoms with E-state index in [2.05, 4.69) is 15.2 Å². The van der Waals surface area contributed by atoms with Crippen LogP contribution in [0, 0.1) is 20.8 Å². The van der Waals surface area contributed by atoms with Crippen molar-refractivity contribution in [2.75, 3.05) is 19.8 Å². The van der Waals surface area contributed by atoms with Gasteiger partial charge in [0.15, 0.2) is 5.82 Å². The number of nitrogens with zero attached hydrogens (tertiary/aromatic N) is 2. The number of aromatic nitrogens is 2. The maximum atomic E-state index is 12.3. The molecule has 0 aliphatic carbocycles. The zero-order valence-electron chi connectivity index (χ0n) is 14.2. The molecule has 9 heteroatoms. The molecule has 0 aliphatic heterocycles. The molecule has 0 fully saturated rings. The van der Waals surface area contributed by atoms with Crippen LogP contribution in [0.1, 0.15) is 33.9 Å². The summed E-state index contributed by atoms with van der Waals surface area (Å²) < 4.78 is 47.2. The molecule has 0 atom stereocenters. The Kier molecular flexibility index (Phi) is 5.89. The summed E-state index contributed by atoms with van der Waals surface area (Å²) in [6, 6.07) is 3.49. The third-order valence-electron chi connectivity index (χ3n) is 3.54. The van der Waals surface area contributed by atoms with Crippen LogP contribution in [0.25, 0.3) is 5.82 Å². The van der Waals surface area contributed by atoms with Gasteiger partial charge in [0.2, 0.25) is 0 Å². The van der Waals surface area contributed by atoms with E-state index >= 15 is 0 Å². The Labute approximate surface area is 142 Å². The van der Waals surface area contributed by atoms with Crippen LogP contribution in [0.4, 0.5) is 13.2 Å². The van der Waals surface area contributed by atoms with Gasteiger partial charge in [-0.05, 0) is 33.3 Å². The Morgan fingerprint density at radius 1 is 1.32 bits per heavy atom. The highest BCUT2D eigenvalue weighted by atomic mass is 19.4. The number of alkyl halides is 3. The average molecular weight is 359 g/mol. The fraction of sp³-hybridized carbons (Fsp3) is 0.500. The van der Waals surface area contributed by atoms with Crippen LogP contribution in [0.5, 0.6) is 0 Å². The van der Waals surface area contributed by atoms with Gasteiger partial charge in [0.1, 0.15) is 12.4 Å². The van der Waals surface area contributed by atoms with Gasteiger partial charge >= 0.3 is 6.18 Å². The number of hydrogen-bond acceptors (Lipinski definition) is 4. The molecule has 0 spiro atoms. The summed E-state index contributed by atoms with van der Waals surface area (Å²) in [4.78, 5) is 12.3. The molecule has 138 valence electrons. The van der Waals surface area contributed by atoms with Crippen LogP contribution in [0.3, 0.4) is 0 Å². The van der Waals surface area contributed by atoms with E-state index in [0.29, 0.717) is 29.3 Å². The largest absolute Gasteiger partial charge is 0.411 e. The molecule has 1 N–H and O–H groups in total. The van der Waals surface area contributed by atoms with Crippen molar-refractivity contribution in [2.45, 2.75) is 33.4 Å². The van der Waals surface area contributed by atoms with Crippen LogP contribution in [-0.2, 0) is 4.74 Å². The van der Waals surface area contributed by atoms with Crippen molar-refractivity contribution >= 4 is 5.91 Å². The minimum atomic E-state index is -4.33. The summed E-state index contributed by atoms with van der Waals surface area (Å²) in [6.45, 7) is 4.29. The SMILES string of the molecule is Cc1cc(-n2c(C)cc(C(=O)NCCCOCC(F)(F)F)c2C)no1. The van der Waals surface area contributed by atoms with Gasteiger partial charge in [-0.1, -0.05) is 5.16 Å². The number of carbonyl (C=O) groups is 1. The number of rotatable bonds is 7. The van der Waals surface area contributed by atoms with Crippen LogP contribution in [0.2, 0.25) is 0 Å². The Morgan fingerprint density at radius 3 is 2.64 bits per heavy atom. The van der Waals surface area contributed by atoms with Gasteiger partial charge in [-0.3, -0.25) is 9.36 Å². The number of carbonyl (C=O) groups excluding carboxylic acids is 1. The first kappa shape index (κ1) is 19.0. The van der Waals surface area contributed by atoms with Gasteiger partial charge in [0.05, 0.1) is 5.56 Å². The number of amides is 1. The van der Waals surface area contributed by atoms with E-state index in [1.54, 1.807) is 30.5 Å². The van der Waals surface area contributed by atoms with E-state index in [-0.39, 0.29) is 19.1 Å². The zero-order valence-corrected chi connectivity index (χ0v) is 14.2. The monoisotopic (exact) mass is 359 g/mol. The smallest absolute Gasteiger partial charge is 0.372 e. The fourth-order valence-electron chi connectivity index (χ4n) is 2.46. The molecule has 2 aromatic heterocycles. The number of aryl methyl sites for hydroxylation is 2. The summed E-state index contributed by atoms with van der Waals surface area (Å²) in [5.41, 5.74) is 2.01. The lowest BCUT2D eigenvalue weighted by atomic mass is 10.2. The summed E-state index contributed by atoms with van der Waals surface area (Å²) in [6.07, 6.45) is -4.04. The normalized spacial score (nSPS) is 11.8. The molecule has 0 aliphatic rings. The molecule has 0 aromatic carbocycles. The van der Waals surface area contributed by atoms with E-state index in [4.69, 9.17) is 4.52 Å². The van der Waals surface area contributed by atoms with Crippen molar-refractivity contribution in [3.05, 3.63) is 34.8 Å². The number of nitrogens with one attached hydrogen (secondary N) is 1. The zero-order chi connectivity index (χ0) is 18.6. The molecule has 0 radical (unpaired) electrons. The van der Waals surface area contributed by atoms with Crippen LogP contribution >= 0.6 is 0 Å². The second-order valence-corrected chi connectivity index (χ2v) is 5.69. The summed E-state index contributed by atoms with van der Waals surface area (Å²) >= 11 is 0. The number of ether oxygens (including phenoxy) is 1. The molecule has 0 bridgehead atoms. The van der Waals surface area contributed by atoms with Gasteiger partial charge in [-0.15, -0.1) is 0 Å². The maximum absolute atomic E-state index is 12.3. The Hall–Kier alpha value is -2.29. The van der Waals surface area contributed by atoms with Crippen molar-refractivity contribution in [3.63, 3.8) is 0 Å². The summed E-state index contributed by atoms with van der Waals surface area (Å²) in [7, 11) is 0. The van der Waals surface area contributed by atoms with Gasteiger partial charge in [-0.2, -0.15) is 13.2 Å². The molecule has 1 amide bonds. The van der Waals surface area contributed by atoms with Crippen LogP contribution in [-0.4, -0.2) is 41.6 Å². The highest BCUT2D eigenvalue weighted by Crippen LogP contribution is 2.20. The topological polar surface area (TPSA) is 69.3 Å². The Bertz CT molecular complexity index is 735. The lowest BCUT2D eigenvalue weighted by Crippen LogP contribution is -2.26. The highest BCUT2D eigenvalue weighted by molar-refractivity contribution is 5.95. The Morgan fingerprint density at radius 2 is 2.04 bits per heavy atom. The van der Waals surface area contributed by atoms with Crippen molar-refractivity contribution in [1.82, 2.24) is 15.0 Å². The standard InChI is InChI=1S/C16H20F3N3O3/c1-10-7-13(12(3)22(10)14-8-11(2)25-21-14)15(23)20-5-4-6-24-9-16(17,18)19/h7-8H,4-6,9H2,1-3H3,(H,20,23). The third-order valence-corrected chi connectivity index (χ3v) is 3.54. The summed E-state index contributed by atoms with van der Waals surface area (Å²) in [5, 5.41) is 6.62. The summed E-state index contributed by atoms with van der Waals surface area (Å²) in [5.74, 6) is 0.954. The van der Waals surface area contributed by atoms with Gasteiger partial charge in [0, 0.05) is 30.6 Å². The molecule has 2 heterocycles. The van der Waals surface area contributed by atoms with E-state index in [1.165, 1.54) is 0 Å². The first-order chi connectivity index (χ1) is 11.7. The predicted octanol–water partition coefficient (Wildman–Crippen LogP) is 3.09. The second kappa shape index (κ2) is 7.73. The van der Waals surface area contributed by atoms with Crippen molar-refractivity contribution < 1.29 is 27.2 Å². The predicted molar refractivity (Wildman–Crippen MR) is 83.9 cm³/mol. The highest BCUT2D eigenvalue weighted by Gasteiger charge is 2.27. The molecule has 0 unspecified atom stereocenters. The molecular formula is C16H20F3N3O3. The molecule has 0 saturated carbocycles. The van der Waals surface area contributed by atoms with Crippen LogP contribution < -0.4 is 5.32 Å². The first-order valence-electron chi connectivity index (χ1n) is 7.74. The quantitative estimate of drug-likeness (QED) is 0.772. The fourth-order valence-corrected chi connectivity index (χ4v) is 2.46. The number of halogens is 3. The maximum Gasteiger partial charge on any atom is 0.411 e. The number of hydrogen-bond donors (Lipinski definition) is 1. The van der Waals surface area contributed by atoms with E-state index in [0.717, 1.165) is 5.69 Å². The lowest BCUT2D eigenvalue weighted by Gasteiger charge is -2.08. The lowest BCUT2D eigenvalue weighted by molar-refractivity contribution is -0.173. The third kappa shape index (κ3) is 5.09. The van der Waals surface area contributed by atoms with Gasteiger partial charge in [0.25, 0.3) is 5.91 Å². The Balaban J connectivity index is 1.90. The molecule has 2 aromatic rings. The van der Waals surface area contributed by atoms with Gasteiger partial charge in [-0.25, -0.2) is 0 Å². The second-order valence-electron chi connectivity index (χ2n) is 5.69. The molecular weight excluding hydrogens is 339 g/mol. The first-order valence-corrected chi connectivity index (χ1v) is 7.74. The molecule has 6 nitrogen and oxygen atoms in total. The minimum Gasteiger partial charge on any atom is -0.372 e. The van der Waals surface area contributed by atoms with Crippen LogP contribution in [0.15, 0.2) is 16.7 Å². The van der Waals surface area contributed by atoms with Crippen molar-refractivity contribution in [3.8, 4) is 5.82 Å². The molecule has 25 heavy (non-hydrogen) atoms. The van der Waals surface area contributed by atoms with Crippen molar-refractivity contribution in [2.24, 2.45) is 0 Å². The van der Waals surface area contributed by atoms with E-state index in [9.17, 15) is 18.0 Å².